The predicted octanol–water partition coefficient (Wildman–Crippen LogP) is 3.53. The van der Waals surface area contributed by atoms with Crippen molar-refractivity contribution in [3.63, 3.8) is 0 Å². The number of hydrogen-bond donors (Lipinski definition) is 3. The van der Waals surface area contributed by atoms with Crippen LogP contribution in [-0.2, 0) is 9.59 Å². The molecule has 0 saturated carbocycles. The maximum absolute atomic E-state index is 12.6. The van der Waals surface area contributed by atoms with Gasteiger partial charge in [0.1, 0.15) is 0 Å². The van der Waals surface area contributed by atoms with Gasteiger partial charge in [-0.25, -0.2) is 0 Å². The fraction of sp³-hybridized carbons (Fsp3) is 0.227. The van der Waals surface area contributed by atoms with Crippen molar-refractivity contribution < 1.29 is 9.59 Å². The highest BCUT2D eigenvalue weighted by molar-refractivity contribution is 8.00. The van der Waals surface area contributed by atoms with E-state index >= 15 is 0 Å². The van der Waals surface area contributed by atoms with Gasteiger partial charge in [0.25, 0.3) is 5.56 Å². The number of aryl methyl sites for hydroxylation is 1. The van der Waals surface area contributed by atoms with Crippen molar-refractivity contribution in [2.45, 2.75) is 38.1 Å². The van der Waals surface area contributed by atoms with Crippen molar-refractivity contribution >= 4 is 35.0 Å². The molecule has 0 aliphatic rings. The van der Waals surface area contributed by atoms with Gasteiger partial charge in [0.15, 0.2) is 10.9 Å². The van der Waals surface area contributed by atoms with Gasteiger partial charge in [-0.2, -0.15) is 0 Å². The standard InChI is InChI=1S/C22H23N5O3S/c1-12-8-7-11-17(13(12)2)24-20(29)14(3)31-22-25-21(30)19(26-27-22)16-9-5-6-10-18(16)23-15(4)28/h5-11,14H,1-4H3,(H,23,28)(H,24,29)(H,25,27,30)/t14-/m0/s1. The molecule has 0 unspecified atom stereocenters. The summed E-state index contributed by atoms with van der Waals surface area (Å²) in [6, 6.07) is 12.6. The Bertz CT molecular complexity index is 1190. The van der Waals surface area contributed by atoms with Crippen LogP contribution < -0.4 is 16.2 Å². The summed E-state index contributed by atoms with van der Waals surface area (Å²) >= 11 is 1.10. The number of nitrogens with one attached hydrogen (secondary N) is 3. The molecule has 8 nitrogen and oxygen atoms in total. The van der Waals surface area contributed by atoms with Crippen LogP contribution in [0.5, 0.6) is 0 Å². The molecule has 1 aromatic heterocycles. The van der Waals surface area contributed by atoms with Crippen LogP contribution in [0.1, 0.15) is 25.0 Å². The zero-order valence-electron chi connectivity index (χ0n) is 17.6. The van der Waals surface area contributed by atoms with E-state index < -0.39 is 10.8 Å². The van der Waals surface area contributed by atoms with Crippen LogP contribution in [0.4, 0.5) is 11.4 Å². The molecule has 1 heterocycles. The van der Waals surface area contributed by atoms with Gasteiger partial charge in [-0.3, -0.25) is 19.4 Å². The molecule has 3 N–H and O–H groups in total. The number of carbonyl (C=O) groups excluding carboxylic acids is 2. The molecule has 0 fully saturated rings. The van der Waals surface area contributed by atoms with E-state index in [4.69, 9.17) is 0 Å². The van der Waals surface area contributed by atoms with E-state index in [1.165, 1.54) is 6.92 Å². The highest BCUT2D eigenvalue weighted by atomic mass is 32.2. The number of benzene rings is 2. The quantitative estimate of drug-likeness (QED) is 0.508. The maximum atomic E-state index is 12.6. The zero-order valence-corrected chi connectivity index (χ0v) is 18.5. The van der Waals surface area contributed by atoms with Gasteiger partial charge >= 0.3 is 0 Å². The summed E-state index contributed by atoms with van der Waals surface area (Å²) in [6.07, 6.45) is 0. The van der Waals surface area contributed by atoms with E-state index in [9.17, 15) is 14.4 Å². The van der Waals surface area contributed by atoms with Crippen LogP contribution in [0.2, 0.25) is 0 Å². The maximum Gasteiger partial charge on any atom is 0.278 e. The molecular weight excluding hydrogens is 414 g/mol. The van der Waals surface area contributed by atoms with Gasteiger partial charge in [0.05, 0.1) is 10.9 Å². The number of rotatable bonds is 6. The number of nitrogens with zero attached hydrogens (tertiary/aromatic N) is 2. The number of anilines is 2. The van der Waals surface area contributed by atoms with Crippen LogP contribution in [0.25, 0.3) is 11.3 Å². The zero-order chi connectivity index (χ0) is 22.5. The van der Waals surface area contributed by atoms with E-state index in [1.807, 2.05) is 32.0 Å². The number of thioether (sulfide) groups is 1. The first-order chi connectivity index (χ1) is 14.8. The van der Waals surface area contributed by atoms with Gasteiger partial charge in [-0.1, -0.05) is 42.1 Å². The summed E-state index contributed by atoms with van der Waals surface area (Å²) in [5.74, 6) is -0.464. The largest absolute Gasteiger partial charge is 0.326 e. The van der Waals surface area contributed by atoms with Gasteiger partial charge < -0.3 is 10.6 Å². The Labute approximate surface area is 183 Å². The third-order valence-electron chi connectivity index (χ3n) is 4.69. The molecule has 3 aromatic rings. The van der Waals surface area contributed by atoms with E-state index in [-0.39, 0.29) is 22.7 Å². The van der Waals surface area contributed by atoms with Crippen LogP contribution in [0, 0.1) is 13.8 Å². The lowest BCUT2D eigenvalue weighted by Crippen LogP contribution is -2.24. The first-order valence-corrected chi connectivity index (χ1v) is 10.5. The molecule has 0 spiro atoms. The molecule has 0 saturated heterocycles. The topological polar surface area (TPSA) is 117 Å². The van der Waals surface area contributed by atoms with E-state index in [1.54, 1.807) is 31.2 Å². The minimum absolute atomic E-state index is 0.0844. The average Bonchev–Trinajstić information content (AvgIpc) is 2.72. The van der Waals surface area contributed by atoms with Crippen molar-refractivity contribution in [3.05, 3.63) is 63.9 Å². The normalized spacial score (nSPS) is 11.6. The molecule has 3 rings (SSSR count). The van der Waals surface area contributed by atoms with Crippen molar-refractivity contribution in [1.82, 2.24) is 15.2 Å². The molecule has 1 atom stereocenters. The van der Waals surface area contributed by atoms with Gasteiger partial charge in [0.2, 0.25) is 11.8 Å². The van der Waals surface area contributed by atoms with Crippen LogP contribution in [0.3, 0.4) is 0 Å². The number of H-pyrrole nitrogens is 1. The summed E-state index contributed by atoms with van der Waals surface area (Å²) in [4.78, 5) is 39.3. The highest BCUT2D eigenvalue weighted by Crippen LogP contribution is 2.25. The Morgan fingerprint density at radius 1 is 1.00 bits per heavy atom. The number of aromatic amines is 1. The summed E-state index contributed by atoms with van der Waals surface area (Å²) in [6.45, 7) is 7.04. The molecule has 0 bridgehead atoms. The summed E-state index contributed by atoms with van der Waals surface area (Å²) in [7, 11) is 0. The molecule has 9 heteroatoms. The number of hydrogen-bond acceptors (Lipinski definition) is 6. The third kappa shape index (κ3) is 5.37. The van der Waals surface area contributed by atoms with Crippen molar-refractivity contribution in [1.29, 1.82) is 0 Å². The Morgan fingerprint density at radius 3 is 2.42 bits per heavy atom. The van der Waals surface area contributed by atoms with Gasteiger partial charge in [-0.15, -0.1) is 10.2 Å². The van der Waals surface area contributed by atoms with Crippen LogP contribution >= 0.6 is 11.8 Å². The van der Waals surface area contributed by atoms with E-state index in [0.29, 0.717) is 11.3 Å². The molecule has 0 radical (unpaired) electrons. The Balaban J connectivity index is 1.76. The van der Waals surface area contributed by atoms with Gasteiger partial charge in [-0.05, 0) is 44.0 Å². The smallest absolute Gasteiger partial charge is 0.278 e. The highest BCUT2D eigenvalue weighted by Gasteiger charge is 2.19. The minimum atomic E-state index is -0.512. The molecule has 160 valence electrons. The SMILES string of the molecule is CC(=O)Nc1ccccc1-c1nnc(S[C@@H](C)C(=O)Nc2cccc(C)c2C)[nH]c1=O. The first kappa shape index (κ1) is 22.2. The summed E-state index contributed by atoms with van der Waals surface area (Å²) in [5, 5.41) is 13.4. The Hall–Kier alpha value is -3.46. The molecule has 0 aliphatic carbocycles. The monoisotopic (exact) mass is 437 g/mol. The number of carbonyl (C=O) groups is 2. The van der Waals surface area contributed by atoms with E-state index in [0.717, 1.165) is 28.6 Å². The Kier molecular flexibility index (Phi) is 6.86. The number of amides is 2. The van der Waals surface area contributed by atoms with Crippen molar-refractivity contribution in [2.75, 3.05) is 10.6 Å². The van der Waals surface area contributed by atoms with Crippen molar-refractivity contribution in [3.8, 4) is 11.3 Å². The second kappa shape index (κ2) is 9.57. The minimum Gasteiger partial charge on any atom is -0.326 e. The lowest BCUT2D eigenvalue weighted by molar-refractivity contribution is -0.115. The van der Waals surface area contributed by atoms with E-state index in [2.05, 4.69) is 25.8 Å². The second-order valence-electron chi connectivity index (χ2n) is 7.03. The molecule has 0 aliphatic heterocycles. The van der Waals surface area contributed by atoms with Gasteiger partial charge in [0, 0.05) is 18.2 Å². The van der Waals surface area contributed by atoms with Crippen LogP contribution in [0.15, 0.2) is 52.4 Å². The summed E-state index contributed by atoms with van der Waals surface area (Å²) < 4.78 is 0. The van der Waals surface area contributed by atoms with Crippen LogP contribution in [-0.4, -0.2) is 32.2 Å². The third-order valence-corrected chi connectivity index (χ3v) is 5.66. The van der Waals surface area contributed by atoms with Crippen molar-refractivity contribution in [2.24, 2.45) is 0 Å². The number of para-hydroxylation sites is 1. The molecule has 2 amide bonds. The fourth-order valence-electron chi connectivity index (χ4n) is 2.88. The Morgan fingerprint density at radius 2 is 1.71 bits per heavy atom. The average molecular weight is 438 g/mol. The summed E-state index contributed by atoms with van der Waals surface area (Å²) in [5.41, 5.74) is 3.40. The first-order valence-electron chi connectivity index (χ1n) is 9.64. The lowest BCUT2D eigenvalue weighted by atomic mass is 10.1. The number of aromatic nitrogens is 3. The fourth-order valence-corrected chi connectivity index (χ4v) is 3.62. The predicted molar refractivity (Wildman–Crippen MR) is 122 cm³/mol. The molecular formula is C22H23N5O3S. The molecule has 2 aromatic carbocycles. The molecule has 31 heavy (non-hydrogen) atoms. The second-order valence-corrected chi connectivity index (χ2v) is 8.36. The lowest BCUT2D eigenvalue weighted by Gasteiger charge is -2.14.